The summed E-state index contributed by atoms with van der Waals surface area (Å²) in [5, 5.41) is 12.5. The lowest BCUT2D eigenvalue weighted by Gasteiger charge is -2.45. The molecule has 0 saturated carbocycles. The molecular weight excluding hydrogens is 711 g/mol. The normalized spacial score (nSPS) is 13.0. The predicted molar refractivity (Wildman–Crippen MR) is 253 cm³/mol. The SMILES string of the molecule is c1ccc(N2c3cc(-c4ccc5ccccc5c4)cc4c3B(c3ccc5cc6ccccc6cc5c32)c2ccc3cc5ccccc5cc3c2N4c2ccccc2)cc1. The molecular formula is C56H35BN2. The third-order valence-corrected chi connectivity index (χ3v) is 12.9. The van der Waals surface area contributed by atoms with Crippen molar-refractivity contribution in [3.63, 3.8) is 0 Å². The van der Waals surface area contributed by atoms with Crippen molar-refractivity contribution in [1.82, 2.24) is 0 Å². The van der Waals surface area contributed by atoms with Crippen LogP contribution in [0.2, 0.25) is 0 Å². The molecule has 0 radical (unpaired) electrons. The first-order chi connectivity index (χ1) is 29.2. The second-order valence-corrected chi connectivity index (χ2v) is 16.1. The van der Waals surface area contributed by atoms with E-state index in [4.69, 9.17) is 0 Å². The smallest absolute Gasteiger partial charge is 0.252 e. The average Bonchev–Trinajstić information content (AvgIpc) is 3.30. The highest BCUT2D eigenvalue weighted by molar-refractivity contribution is 7.00. The van der Waals surface area contributed by atoms with Crippen molar-refractivity contribution in [2.24, 2.45) is 0 Å². The van der Waals surface area contributed by atoms with E-state index in [1.54, 1.807) is 0 Å². The lowest BCUT2D eigenvalue weighted by atomic mass is 9.33. The van der Waals surface area contributed by atoms with Crippen LogP contribution in [-0.4, -0.2) is 6.71 Å². The van der Waals surface area contributed by atoms with Gasteiger partial charge in [-0.05, 0) is 137 Å². The van der Waals surface area contributed by atoms with Crippen LogP contribution in [0, 0.1) is 0 Å². The fourth-order valence-corrected chi connectivity index (χ4v) is 10.2. The summed E-state index contributed by atoms with van der Waals surface area (Å²) in [7, 11) is 0. The highest BCUT2D eigenvalue weighted by Gasteiger charge is 2.44. The lowest BCUT2D eigenvalue weighted by Crippen LogP contribution is -2.61. The van der Waals surface area contributed by atoms with Gasteiger partial charge in [0, 0.05) is 44.9 Å². The summed E-state index contributed by atoms with van der Waals surface area (Å²) in [6.07, 6.45) is 0. The van der Waals surface area contributed by atoms with Crippen LogP contribution in [-0.2, 0) is 0 Å². The van der Waals surface area contributed by atoms with Crippen LogP contribution in [0.5, 0.6) is 0 Å². The van der Waals surface area contributed by atoms with Crippen molar-refractivity contribution in [2.45, 2.75) is 0 Å². The molecule has 0 bridgehead atoms. The van der Waals surface area contributed by atoms with E-state index >= 15 is 0 Å². The highest BCUT2D eigenvalue weighted by atomic mass is 15.2. The topological polar surface area (TPSA) is 6.48 Å². The maximum Gasteiger partial charge on any atom is 0.252 e. The van der Waals surface area contributed by atoms with E-state index in [2.05, 4.69) is 222 Å². The highest BCUT2D eigenvalue weighted by Crippen LogP contribution is 2.49. The van der Waals surface area contributed by atoms with Gasteiger partial charge in [-0.3, -0.25) is 0 Å². The Morgan fingerprint density at radius 3 is 1.19 bits per heavy atom. The molecule has 59 heavy (non-hydrogen) atoms. The summed E-state index contributed by atoms with van der Waals surface area (Å²) < 4.78 is 0. The summed E-state index contributed by atoms with van der Waals surface area (Å²) in [5.41, 5.74) is 13.5. The molecule has 0 aromatic heterocycles. The quantitative estimate of drug-likeness (QED) is 0.131. The first kappa shape index (κ1) is 32.5. The predicted octanol–water partition coefficient (Wildman–Crippen LogP) is 13.2. The zero-order valence-electron chi connectivity index (χ0n) is 32.2. The summed E-state index contributed by atoms with van der Waals surface area (Å²) in [4.78, 5) is 5.13. The van der Waals surface area contributed by atoms with Crippen molar-refractivity contribution < 1.29 is 0 Å². The van der Waals surface area contributed by atoms with Gasteiger partial charge in [-0.1, -0.05) is 146 Å². The lowest BCUT2D eigenvalue weighted by molar-refractivity contribution is 1.27. The van der Waals surface area contributed by atoms with E-state index in [9.17, 15) is 0 Å². The number of rotatable bonds is 3. The van der Waals surface area contributed by atoms with Crippen LogP contribution in [0.15, 0.2) is 212 Å². The third kappa shape index (κ3) is 4.82. The number of fused-ring (bicyclic) bond motifs is 11. The molecule has 2 aliphatic rings. The van der Waals surface area contributed by atoms with Crippen LogP contribution in [0.25, 0.3) is 65.0 Å². The molecule has 2 nitrogen and oxygen atoms in total. The van der Waals surface area contributed by atoms with Gasteiger partial charge in [0.05, 0.1) is 0 Å². The van der Waals surface area contributed by atoms with Gasteiger partial charge < -0.3 is 9.80 Å². The number of hydrogen-bond donors (Lipinski definition) is 0. The maximum atomic E-state index is 2.56. The van der Waals surface area contributed by atoms with Gasteiger partial charge in [0.1, 0.15) is 0 Å². The molecule has 0 saturated heterocycles. The van der Waals surface area contributed by atoms with E-state index in [0.717, 1.165) is 11.4 Å². The minimum absolute atomic E-state index is 0.0117. The Morgan fingerprint density at radius 1 is 0.288 bits per heavy atom. The van der Waals surface area contributed by atoms with Crippen molar-refractivity contribution >= 4 is 111 Å². The molecule has 2 aliphatic heterocycles. The van der Waals surface area contributed by atoms with Gasteiger partial charge in [-0.2, -0.15) is 0 Å². The molecule has 2 heterocycles. The van der Waals surface area contributed by atoms with E-state index in [1.165, 1.54) is 104 Å². The van der Waals surface area contributed by atoms with Crippen LogP contribution in [0.3, 0.4) is 0 Å². The Kier molecular flexibility index (Phi) is 6.85. The van der Waals surface area contributed by atoms with Crippen molar-refractivity contribution in [2.75, 3.05) is 9.80 Å². The summed E-state index contributed by atoms with van der Waals surface area (Å²) in [6, 6.07) is 79.2. The monoisotopic (exact) mass is 746 g/mol. The minimum Gasteiger partial charge on any atom is -0.311 e. The molecule has 0 unspecified atom stereocenters. The van der Waals surface area contributed by atoms with Crippen molar-refractivity contribution in [3.05, 3.63) is 212 Å². The number of para-hydroxylation sites is 2. The summed E-state index contributed by atoms with van der Waals surface area (Å²) in [5.74, 6) is 0. The fraction of sp³-hybridized carbons (Fsp3) is 0. The van der Waals surface area contributed by atoms with E-state index in [1.807, 2.05) is 0 Å². The Hall–Kier alpha value is -7.62. The van der Waals surface area contributed by atoms with Crippen LogP contribution in [0.4, 0.5) is 34.1 Å². The van der Waals surface area contributed by atoms with Crippen molar-refractivity contribution in [1.29, 1.82) is 0 Å². The molecule has 0 atom stereocenters. The van der Waals surface area contributed by atoms with Gasteiger partial charge >= 0.3 is 0 Å². The molecule has 0 fully saturated rings. The molecule has 13 rings (SSSR count). The van der Waals surface area contributed by atoms with Crippen LogP contribution < -0.4 is 26.2 Å². The molecule has 0 amide bonds. The summed E-state index contributed by atoms with van der Waals surface area (Å²) >= 11 is 0. The van der Waals surface area contributed by atoms with Crippen LogP contribution in [0.1, 0.15) is 0 Å². The first-order valence-corrected chi connectivity index (χ1v) is 20.5. The maximum absolute atomic E-state index is 2.56. The number of anilines is 6. The largest absolute Gasteiger partial charge is 0.311 e. The Bertz CT molecular complexity index is 3330. The molecule has 272 valence electrons. The van der Waals surface area contributed by atoms with Gasteiger partial charge in [0.15, 0.2) is 0 Å². The third-order valence-electron chi connectivity index (χ3n) is 12.9. The molecule has 0 spiro atoms. The van der Waals surface area contributed by atoms with E-state index in [0.29, 0.717) is 0 Å². The molecule has 0 N–H and O–H groups in total. The number of benzene rings is 11. The molecule has 0 aliphatic carbocycles. The van der Waals surface area contributed by atoms with Gasteiger partial charge in [-0.25, -0.2) is 0 Å². The van der Waals surface area contributed by atoms with Crippen molar-refractivity contribution in [3.8, 4) is 11.1 Å². The minimum atomic E-state index is -0.0117. The second kappa shape index (κ2) is 12.4. The van der Waals surface area contributed by atoms with E-state index < -0.39 is 0 Å². The van der Waals surface area contributed by atoms with Gasteiger partial charge in [-0.15, -0.1) is 0 Å². The zero-order valence-corrected chi connectivity index (χ0v) is 32.2. The average molecular weight is 747 g/mol. The van der Waals surface area contributed by atoms with Gasteiger partial charge in [0.25, 0.3) is 6.71 Å². The molecule has 11 aromatic rings. The standard InChI is InChI=1S/C56H35BN2/c1-3-19-46(20-4-1)58-52-34-45(42-24-23-36-13-7-8-14-37(36)29-42)35-53-54(52)57(50-27-25-43-30-38-15-9-11-17-40(38)32-48(43)55(50)58)51-28-26-44-31-39-16-10-12-18-41(39)33-49(44)56(51)59(53)47-21-5-2-6-22-47/h1-35H. The second-order valence-electron chi connectivity index (χ2n) is 16.1. The fourth-order valence-electron chi connectivity index (χ4n) is 10.2. The zero-order chi connectivity index (χ0) is 38.6. The number of hydrogen-bond acceptors (Lipinski definition) is 2. The van der Waals surface area contributed by atoms with E-state index in [-0.39, 0.29) is 6.71 Å². The Balaban J connectivity index is 1.21. The summed E-state index contributed by atoms with van der Waals surface area (Å²) in [6.45, 7) is -0.0117. The first-order valence-electron chi connectivity index (χ1n) is 20.5. The van der Waals surface area contributed by atoms with Crippen LogP contribution >= 0.6 is 0 Å². The molecule has 3 heteroatoms. The molecule has 11 aromatic carbocycles. The Morgan fingerprint density at radius 2 is 0.695 bits per heavy atom. The van der Waals surface area contributed by atoms with Gasteiger partial charge in [0.2, 0.25) is 0 Å². The number of nitrogens with zero attached hydrogens (tertiary/aromatic N) is 2. The Labute approximate surface area is 342 Å².